The van der Waals surface area contributed by atoms with Crippen molar-refractivity contribution in [2.45, 2.75) is 11.4 Å². The Balaban J connectivity index is 1.70. The van der Waals surface area contributed by atoms with Crippen molar-refractivity contribution in [1.82, 2.24) is 14.6 Å². The number of hydrogen-bond donors (Lipinski definition) is 1. The van der Waals surface area contributed by atoms with Crippen molar-refractivity contribution in [1.29, 1.82) is 0 Å². The fraction of sp³-hybridized carbons (Fsp3) is 0.176. The predicted octanol–water partition coefficient (Wildman–Crippen LogP) is 2.42. The molecule has 0 saturated heterocycles. The van der Waals surface area contributed by atoms with Crippen LogP contribution >= 0.6 is 11.6 Å². The lowest BCUT2D eigenvalue weighted by atomic mass is 10.3. The quantitative estimate of drug-likeness (QED) is 0.285. The molecule has 3 rings (SSSR count). The van der Waals surface area contributed by atoms with Gasteiger partial charge in [-0.2, -0.15) is 23.0 Å². The number of methoxy groups -OCH3 is 2. The molecule has 31 heavy (non-hydrogen) atoms. The summed E-state index contributed by atoms with van der Waals surface area (Å²) in [4.78, 5) is 12.0. The van der Waals surface area contributed by atoms with Gasteiger partial charge in [-0.3, -0.25) is 0 Å². The van der Waals surface area contributed by atoms with Crippen molar-refractivity contribution in [2.24, 2.45) is 5.10 Å². The highest BCUT2D eigenvalue weighted by Crippen LogP contribution is 2.28. The lowest BCUT2D eigenvalue weighted by Crippen LogP contribution is -2.19. The minimum absolute atomic E-state index is 0.0775. The monoisotopic (exact) mass is 469 g/mol. The molecular formula is C17H16ClN5O7S. The van der Waals surface area contributed by atoms with Crippen LogP contribution in [-0.2, 0) is 16.6 Å². The number of furan rings is 1. The van der Waals surface area contributed by atoms with Crippen LogP contribution in [0.3, 0.4) is 0 Å². The van der Waals surface area contributed by atoms with E-state index in [1.807, 2.05) is 0 Å². The summed E-state index contributed by atoms with van der Waals surface area (Å²) in [7, 11) is -1.29. The van der Waals surface area contributed by atoms with Crippen LogP contribution in [0.4, 0.5) is 5.82 Å². The average molecular weight is 470 g/mol. The summed E-state index contributed by atoms with van der Waals surface area (Å²) in [6.45, 7) is 0.0775. The molecule has 0 saturated carbocycles. The Morgan fingerprint density at radius 1 is 1.32 bits per heavy atom. The first-order valence-corrected chi connectivity index (χ1v) is 10.3. The van der Waals surface area contributed by atoms with E-state index >= 15 is 0 Å². The highest BCUT2D eigenvalue weighted by atomic mass is 35.5. The molecule has 0 spiro atoms. The van der Waals surface area contributed by atoms with E-state index in [9.17, 15) is 18.5 Å². The number of halogens is 1. The molecule has 0 aliphatic carbocycles. The van der Waals surface area contributed by atoms with E-state index in [4.69, 9.17) is 25.5 Å². The second-order valence-electron chi connectivity index (χ2n) is 5.93. The molecule has 1 N–H and O–H groups in total. The highest BCUT2D eigenvalue weighted by Gasteiger charge is 2.21. The first-order valence-electron chi connectivity index (χ1n) is 8.46. The molecule has 2 heterocycles. The lowest BCUT2D eigenvalue weighted by molar-refractivity contribution is -0.389. The molecule has 0 radical (unpaired) electrons. The summed E-state index contributed by atoms with van der Waals surface area (Å²) < 4.78 is 41.9. The first kappa shape index (κ1) is 22.1. The smallest absolute Gasteiger partial charge is 0.408 e. The molecule has 0 fully saturated rings. The predicted molar refractivity (Wildman–Crippen MR) is 109 cm³/mol. The summed E-state index contributed by atoms with van der Waals surface area (Å²) in [5.41, 5.74) is 0. The number of sulfonamides is 1. The van der Waals surface area contributed by atoms with Crippen LogP contribution in [-0.4, -0.2) is 43.6 Å². The van der Waals surface area contributed by atoms with Gasteiger partial charge in [-0.1, -0.05) is 11.6 Å². The number of ether oxygens (including phenoxy) is 2. The van der Waals surface area contributed by atoms with Gasteiger partial charge < -0.3 is 24.0 Å². The molecule has 2 aromatic heterocycles. The van der Waals surface area contributed by atoms with E-state index in [2.05, 4.69) is 15.0 Å². The van der Waals surface area contributed by atoms with Crippen molar-refractivity contribution >= 4 is 33.7 Å². The second-order valence-corrected chi connectivity index (χ2v) is 7.97. The SMILES string of the molecule is COc1ccc(OC)c(S(=O)(=O)N/N=C\c2ccc(Cn3cc(Cl)c([N+](=O)[O-])n3)o2)c1. The summed E-state index contributed by atoms with van der Waals surface area (Å²) in [6.07, 6.45) is 2.46. The molecule has 14 heteroatoms. The third-order valence-corrected chi connectivity index (χ3v) is 5.41. The number of nitrogens with one attached hydrogen (secondary N) is 1. The maximum atomic E-state index is 12.5. The first-order chi connectivity index (χ1) is 14.7. The van der Waals surface area contributed by atoms with E-state index in [-0.39, 0.29) is 28.0 Å². The van der Waals surface area contributed by atoms with Crippen LogP contribution in [0.25, 0.3) is 0 Å². The standard InChI is InChI=1S/C17H16ClN5O7S/c1-28-11-5-6-15(29-2)16(7-11)31(26,27)21-19-8-12-3-4-13(30-12)9-22-10-14(18)17(20-22)23(24)25/h3-8,10,21H,9H2,1-2H3/b19-8-. The molecule has 1 aromatic carbocycles. The topological polar surface area (TPSA) is 151 Å². The molecule has 0 aliphatic rings. The van der Waals surface area contributed by atoms with E-state index < -0.39 is 20.8 Å². The molecule has 164 valence electrons. The fourth-order valence-electron chi connectivity index (χ4n) is 2.50. The van der Waals surface area contributed by atoms with Crippen LogP contribution < -0.4 is 14.3 Å². The van der Waals surface area contributed by atoms with Crippen molar-refractivity contribution < 1.29 is 27.2 Å². The Labute approximate surface area is 181 Å². The van der Waals surface area contributed by atoms with Gasteiger partial charge in [-0.05, 0) is 29.2 Å². The summed E-state index contributed by atoms with van der Waals surface area (Å²) >= 11 is 5.76. The van der Waals surface area contributed by atoms with Gasteiger partial charge in [-0.25, -0.2) is 0 Å². The summed E-state index contributed by atoms with van der Waals surface area (Å²) in [5, 5.41) is 18.2. The Morgan fingerprint density at radius 2 is 2.10 bits per heavy atom. The van der Waals surface area contributed by atoms with E-state index in [1.165, 1.54) is 37.2 Å². The molecule has 12 nitrogen and oxygen atoms in total. The van der Waals surface area contributed by atoms with Crippen LogP contribution in [0, 0.1) is 10.1 Å². The number of hydrogen-bond acceptors (Lipinski definition) is 9. The number of benzene rings is 1. The van der Waals surface area contributed by atoms with E-state index in [0.717, 1.165) is 6.21 Å². The van der Waals surface area contributed by atoms with Crippen molar-refractivity contribution in [3.63, 3.8) is 0 Å². The van der Waals surface area contributed by atoms with Gasteiger partial charge in [0.25, 0.3) is 10.0 Å². The third-order valence-electron chi connectivity index (χ3n) is 3.90. The third kappa shape index (κ3) is 5.13. The normalized spacial score (nSPS) is 11.6. The number of rotatable bonds is 9. The zero-order valence-electron chi connectivity index (χ0n) is 16.2. The van der Waals surface area contributed by atoms with Crippen molar-refractivity contribution in [3.05, 3.63) is 63.2 Å². The second kappa shape index (κ2) is 9.06. The maximum Gasteiger partial charge on any atom is 0.408 e. The minimum atomic E-state index is -4.04. The minimum Gasteiger partial charge on any atom is -0.497 e. The van der Waals surface area contributed by atoms with Crippen LogP contribution in [0.1, 0.15) is 11.5 Å². The molecule has 0 atom stereocenters. The largest absolute Gasteiger partial charge is 0.497 e. The number of nitrogens with zero attached hydrogens (tertiary/aromatic N) is 4. The van der Waals surface area contributed by atoms with Gasteiger partial charge >= 0.3 is 5.82 Å². The number of hydrazone groups is 1. The average Bonchev–Trinajstić information content (AvgIpc) is 3.33. The zero-order chi connectivity index (χ0) is 22.6. The van der Waals surface area contributed by atoms with Crippen LogP contribution in [0.2, 0.25) is 5.02 Å². The van der Waals surface area contributed by atoms with Gasteiger partial charge in [0.2, 0.25) is 0 Å². The Bertz CT molecular complexity index is 1240. The number of aromatic nitrogens is 2. The number of nitro groups is 1. The molecule has 0 amide bonds. The van der Waals surface area contributed by atoms with Gasteiger partial charge in [0, 0.05) is 6.07 Å². The van der Waals surface area contributed by atoms with Crippen molar-refractivity contribution in [2.75, 3.05) is 14.2 Å². The van der Waals surface area contributed by atoms with Crippen LogP contribution in [0.5, 0.6) is 11.5 Å². The highest BCUT2D eigenvalue weighted by molar-refractivity contribution is 7.89. The van der Waals surface area contributed by atoms with E-state index in [0.29, 0.717) is 11.5 Å². The maximum absolute atomic E-state index is 12.5. The Morgan fingerprint density at radius 3 is 2.74 bits per heavy atom. The zero-order valence-corrected chi connectivity index (χ0v) is 17.8. The van der Waals surface area contributed by atoms with Gasteiger partial charge in [-0.15, -0.1) is 0 Å². The Kier molecular flexibility index (Phi) is 6.46. The molecule has 3 aromatic rings. The molecule has 0 unspecified atom stereocenters. The van der Waals surface area contributed by atoms with Crippen LogP contribution in [0.15, 0.2) is 50.9 Å². The molecule has 0 bridgehead atoms. The van der Waals surface area contributed by atoms with Gasteiger partial charge in [0.1, 0.15) is 34.5 Å². The van der Waals surface area contributed by atoms with Gasteiger partial charge in [0.15, 0.2) is 5.02 Å². The van der Waals surface area contributed by atoms with E-state index in [1.54, 1.807) is 18.2 Å². The molecule has 0 aliphatic heterocycles. The van der Waals surface area contributed by atoms with Gasteiger partial charge in [0.05, 0.1) is 31.7 Å². The fourth-order valence-corrected chi connectivity index (χ4v) is 3.70. The summed E-state index contributed by atoms with van der Waals surface area (Å²) in [5.74, 6) is 0.629. The Hall–Kier alpha value is -3.58. The lowest BCUT2D eigenvalue weighted by Gasteiger charge is -2.10. The van der Waals surface area contributed by atoms with Crippen molar-refractivity contribution in [3.8, 4) is 11.5 Å². The summed E-state index contributed by atoms with van der Waals surface area (Å²) in [6, 6.07) is 7.45. The molecular weight excluding hydrogens is 454 g/mol.